The molecule has 4 rings (SSSR count). The van der Waals surface area contributed by atoms with Crippen molar-refractivity contribution < 1.29 is 32.0 Å². The molecule has 0 saturated heterocycles. The van der Waals surface area contributed by atoms with Gasteiger partial charge in [0.15, 0.2) is 0 Å². The van der Waals surface area contributed by atoms with Crippen molar-refractivity contribution in [2.45, 2.75) is 39.2 Å². The molecule has 0 bridgehead atoms. The molecule has 3 aromatic rings. The maximum Gasteiger partial charge on any atom is 0.573 e. The van der Waals surface area contributed by atoms with Crippen LogP contribution in [0.25, 0.3) is 11.1 Å². The second kappa shape index (κ2) is 8.57. The number of hydrogen-bond acceptors (Lipinski definition) is 5. The zero-order valence-corrected chi connectivity index (χ0v) is 17.5. The Kier molecular flexibility index (Phi) is 5.82. The van der Waals surface area contributed by atoms with Gasteiger partial charge in [0.1, 0.15) is 23.4 Å². The van der Waals surface area contributed by atoms with Crippen molar-refractivity contribution in [3.05, 3.63) is 65.0 Å². The lowest BCUT2D eigenvalue weighted by molar-refractivity contribution is -0.274. The molecule has 0 saturated carbocycles. The molecule has 1 amide bonds. The third-order valence-corrected chi connectivity index (χ3v) is 5.25. The number of fused-ring (bicyclic) bond motifs is 1. The van der Waals surface area contributed by atoms with Crippen molar-refractivity contribution in [3.8, 4) is 22.6 Å². The number of rotatable bonds is 6. The van der Waals surface area contributed by atoms with E-state index in [1.807, 2.05) is 6.07 Å². The summed E-state index contributed by atoms with van der Waals surface area (Å²) in [6.07, 6.45) is -4.21. The van der Waals surface area contributed by atoms with Gasteiger partial charge in [-0.25, -0.2) is 0 Å². The van der Waals surface area contributed by atoms with E-state index in [1.165, 1.54) is 18.2 Å². The number of nitrogens with zero attached hydrogens (tertiary/aromatic N) is 1. The quantitative estimate of drug-likeness (QED) is 0.603. The number of carbonyl (C=O) groups is 1. The van der Waals surface area contributed by atoms with Gasteiger partial charge in [0.05, 0.1) is 18.7 Å². The van der Waals surface area contributed by atoms with E-state index in [0.29, 0.717) is 35.7 Å². The van der Waals surface area contributed by atoms with Crippen molar-refractivity contribution in [2.75, 3.05) is 6.54 Å². The number of alkyl halides is 3. The molecule has 0 aliphatic carbocycles. The van der Waals surface area contributed by atoms with E-state index in [9.17, 15) is 18.0 Å². The molecule has 1 aliphatic rings. The number of aryl methyl sites for hydroxylation is 2. The fourth-order valence-electron chi connectivity index (χ4n) is 3.69. The van der Waals surface area contributed by atoms with Crippen LogP contribution in [0.15, 0.2) is 47.0 Å². The first-order chi connectivity index (χ1) is 15.2. The summed E-state index contributed by atoms with van der Waals surface area (Å²) in [4.78, 5) is 12.3. The van der Waals surface area contributed by atoms with Crippen LogP contribution in [0.2, 0.25) is 0 Å². The first kappa shape index (κ1) is 21.7. The van der Waals surface area contributed by atoms with Gasteiger partial charge in [-0.3, -0.25) is 4.79 Å². The van der Waals surface area contributed by atoms with Gasteiger partial charge < -0.3 is 19.3 Å². The van der Waals surface area contributed by atoms with Gasteiger partial charge in [0.25, 0.3) is 0 Å². The average molecular weight is 446 g/mol. The minimum Gasteiger partial charge on any atom is -0.488 e. The van der Waals surface area contributed by atoms with Crippen LogP contribution in [0.1, 0.15) is 22.6 Å². The Labute approximate surface area is 182 Å². The van der Waals surface area contributed by atoms with Crippen LogP contribution in [0, 0.1) is 13.8 Å². The maximum atomic E-state index is 12.5. The van der Waals surface area contributed by atoms with E-state index in [-0.39, 0.29) is 24.2 Å². The van der Waals surface area contributed by atoms with Gasteiger partial charge in [0.2, 0.25) is 5.91 Å². The van der Waals surface area contributed by atoms with Crippen molar-refractivity contribution in [3.63, 3.8) is 0 Å². The fraction of sp³-hybridized carbons (Fsp3) is 0.304. The Morgan fingerprint density at radius 3 is 2.69 bits per heavy atom. The minimum atomic E-state index is -4.74. The normalized spacial score (nSPS) is 15.2. The first-order valence-electron chi connectivity index (χ1n) is 10.0. The molecule has 1 atom stereocenters. The summed E-state index contributed by atoms with van der Waals surface area (Å²) in [5.41, 5.74) is 3.75. The predicted octanol–water partition coefficient (Wildman–Crippen LogP) is 4.52. The number of nitrogens with one attached hydrogen (secondary N) is 1. The molecule has 32 heavy (non-hydrogen) atoms. The highest BCUT2D eigenvalue weighted by Crippen LogP contribution is 2.34. The Morgan fingerprint density at radius 2 is 1.97 bits per heavy atom. The van der Waals surface area contributed by atoms with E-state index in [4.69, 9.17) is 9.26 Å². The van der Waals surface area contributed by atoms with Gasteiger partial charge in [0, 0.05) is 12.0 Å². The molecule has 0 spiro atoms. The molecule has 0 fully saturated rings. The van der Waals surface area contributed by atoms with E-state index in [0.717, 1.165) is 16.7 Å². The summed E-state index contributed by atoms with van der Waals surface area (Å²) >= 11 is 0. The lowest BCUT2D eigenvalue weighted by Gasteiger charge is -2.12. The summed E-state index contributed by atoms with van der Waals surface area (Å²) in [6.45, 7) is 3.89. The van der Waals surface area contributed by atoms with Crippen LogP contribution in [0.3, 0.4) is 0 Å². The van der Waals surface area contributed by atoms with Crippen LogP contribution in [-0.2, 0) is 17.6 Å². The molecule has 0 radical (unpaired) electrons. The molecule has 2 heterocycles. The zero-order valence-electron chi connectivity index (χ0n) is 17.5. The Bertz CT molecular complexity index is 1120. The molecule has 168 valence electrons. The lowest BCUT2D eigenvalue weighted by atomic mass is 10.0. The van der Waals surface area contributed by atoms with Crippen LogP contribution in [-0.4, -0.2) is 30.1 Å². The zero-order chi connectivity index (χ0) is 22.9. The molecular formula is C23H21F3N2O4. The topological polar surface area (TPSA) is 73.6 Å². The highest BCUT2D eigenvalue weighted by Gasteiger charge is 2.31. The van der Waals surface area contributed by atoms with Crippen LogP contribution < -0.4 is 14.8 Å². The summed E-state index contributed by atoms with van der Waals surface area (Å²) in [5, 5.41) is 6.72. The van der Waals surface area contributed by atoms with Gasteiger partial charge in [-0.05, 0) is 54.8 Å². The smallest absolute Gasteiger partial charge is 0.488 e. The lowest BCUT2D eigenvalue weighted by Crippen LogP contribution is -2.35. The van der Waals surface area contributed by atoms with Crippen LogP contribution >= 0.6 is 0 Å². The molecular weight excluding hydrogens is 425 g/mol. The molecule has 1 aliphatic heterocycles. The molecule has 1 aromatic heterocycles. The molecule has 2 aromatic carbocycles. The summed E-state index contributed by atoms with van der Waals surface area (Å²) < 4.78 is 52.5. The van der Waals surface area contributed by atoms with Crippen molar-refractivity contribution in [1.82, 2.24) is 10.5 Å². The molecule has 9 heteroatoms. The second-order valence-electron chi connectivity index (χ2n) is 7.63. The second-order valence-corrected chi connectivity index (χ2v) is 7.63. The number of benzene rings is 2. The van der Waals surface area contributed by atoms with E-state index in [1.54, 1.807) is 32.0 Å². The molecule has 1 N–H and O–H groups in total. The average Bonchev–Trinajstić information content (AvgIpc) is 3.28. The standard InChI is InChI=1S/C23H21F3N2O4/c1-13-20(14(2)32-28-13)11-22(29)27-12-19-10-17-8-16(6-7-21(17)30-19)15-4-3-5-18(9-15)31-23(24,25)26/h3-9,19H,10-12H2,1-2H3,(H,27,29). The number of amides is 1. The highest BCUT2D eigenvalue weighted by atomic mass is 19.4. The highest BCUT2D eigenvalue weighted by molar-refractivity contribution is 5.79. The number of aromatic nitrogens is 1. The van der Waals surface area contributed by atoms with Gasteiger partial charge in [-0.15, -0.1) is 13.2 Å². The van der Waals surface area contributed by atoms with Crippen molar-refractivity contribution >= 4 is 5.91 Å². The fourth-order valence-corrected chi connectivity index (χ4v) is 3.69. The van der Waals surface area contributed by atoms with E-state index >= 15 is 0 Å². The number of ether oxygens (including phenoxy) is 2. The summed E-state index contributed by atoms with van der Waals surface area (Å²) in [5.74, 6) is 0.896. The number of hydrogen-bond donors (Lipinski definition) is 1. The largest absolute Gasteiger partial charge is 0.573 e. The van der Waals surface area contributed by atoms with Gasteiger partial charge in [-0.1, -0.05) is 23.4 Å². The van der Waals surface area contributed by atoms with Gasteiger partial charge in [-0.2, -0.15) is 0 Å². The van der Waals surface area contributed by atoms with Crippen LogP contribution in [0.4, 0.5) is 13.2 Å². The monoisotopic (exact) mass is 446 g/mol. The molecule has 6 nitrogen and oxygen atoms in total. The first-order valence-corrected chi connectivity index (χ1v) is 10.0. The SMILES string of the molecule is Cc1noc(C)c1CC(=O)NCC1Cc2cc(-c3cccc(OC(F)(F)F)c3)ccc2O1. The van der Waals surface area contributed by atoms with Crippen molar-refractivity contribution in [2.24, 2.45) is 0 Å². The third-order valence-electron chi connectivity index (χ3n) is 5.25. The Balaban J connectivity index is 1.38. The van der Waals surface area contributed by atoms with Gasteiger partial charge >= 0.3 is 6.36 Å². The van der Waals surface area contributed by atoms with E-state index in [2.05, 4.69) is 15.2 Å². The third kappa shape index (κ3) is 5.04. The Morgan fingerprint density at radius 1 is 1.19 bits per heavy atom. The minimum absolute atomic E-state index is 0.152. The summed E-state index contributed by atoms with van der Waals surface area (Å²) in [7, 11) is 0. The number of halogens is 3. The number of carbonyl (C=O) groups excluding carboxylic acids is 1. The van der Waals surface area contributed by atoms with Crippen molar-refractivity contribution in [1.29, 1.82) is 0 Å². The Hall–Kier alpha value is -3.49. The molecule has 1 unspecified atom stereocenters. The summed E-state index contributed by atoms with van der Waals surface area (Å²) in [6, 6.07) is 11.3. The predicted molar refractivity (Wildman–Crippen MR) is 109 cm³/mol. The van der Waals surface area contributed by atoms with Crippen LogP contribution in [0.5, 0.6) is 11.5 Å². The van der Waals surface area contributed by atoms with E-state index < -0.39 is 6.36 Å². The maximum absolute atomic E-state index is 12.5.